The van der Waals surface area contributed by atoms with E-state index < -0.39 is 0 Å². The molecule has 3 rings (SSSR count). The summed E-state index contributed by atoms with van der Waals surface area (Å²) in [6.45, 7) is 4.99. The van der Waals surface area contributed by atoms with E-state index in [2.05, 4.69) is 15.5 Å². The van der Waals surface area contributed by atoms with Crippen LogP contribution < -0.4 is 19.5 Å². The number of hydrogen-bond acceptors (Lipinski definition) is 7. The molecule has 0 radical (unpaired) electrons. The molecule has 2 aromatic carbocycles. The number of ether oxygens (including phenoxy) is 3. The summed E-state index contributed by atoms with van der Waals surface area (Å²) in [5.74, 6) is 2.73. The highest BCUT2D eigenvalue weighted by Crippen LogP contribution is 2.29. The highest BCUT2D eigenvalue weighted by Gasteiger charge is 2.15. The minimum Gasteiger partial charge on any atom is -0.497 e. The first-order chi connectivity index (χ1) is 15.0. The van der Waals surface area contributed by atoms with Gasteiger partial charge in [-0.3, -0.25) is 4.79 Å². The number of nitrogens with zero attached hydrogens (tertiary/aromatic N) is 3. The van der Waals surface area contributed by atoms with Crippen LogP contribution in [0, 0.1) is 6.92 Å². The highest BCUT2D eigenvalue weighted by molar-refractivity contribution is 7.99. The van der Waals surface area contributed by atoms with Crippen LogP contribution in [0.1, 0.15) is 18.3 Å². The van der Waals surface area contributed by atoms with Crippen LogP contribution in [0.2, 0.25) is 0 Å². The van der Waals surface area contributed by atoms with Gasteiger partial charge in [0.05, 0.1) is 25.7 Å². The topological polar surface area (TPSA) is 87.5 Å². The molecule has 0 bridgehead atoms. The third kappa shape index (κ3) is 5.69. The number of carbonyl (C=O) groups is 1. The fourth-order valence-corrected chi connectivity index (χ4v) is 3.75. The molecule has 0 unspecified atom stereocenters. The van der Waals surface area contributed by atoms with Gasteiger partial charge in [0.25, 0.3) is 0 Å². The Morgan fingerprint density at radius 2 is 1.90 bits per heavy atom. The lowest BCUT2D eigenvalue weighted by molar-refractivity contribution is -0.113. The summed E-state index contributed by atoms with van der Waals surface area (Å²) in [4.78, 5) is 12.5. The van der Waals surface area contributed by atoms with E-state index in [4.69, 9.17) is 14.2 Å². The van der Waals surface area contributed by atoms with E-state index in [1.54, 1.807) is 32.4 Å². The molecule has 0 saturated carbocycles. The molecule has 0 atom stereocenters. The number of anilines is 1. The van der Waals surface area contributed by atoms with E-state index in [1.165, 1.54) is 11.8 Å². The quantitative estimate of drug-likeness (QED) is 0.476. The molecule has 1 amide bonds. The molecule has 0 spiro atoms. The zero-order valence-corrected chi connectivity index (χ0v) is 18.9. The van der Waals surface area contributed by atoms with Crippen molar-refractivity contribution in [2.75, 3.05) is 25.3 Å². The van der Waals surface area contributed by atoms with E-state index in [0.717, 1.165) is 11.3 Å². The average Bonchev–Trinajstić information content (AvgIpc) is 3.19. The Morgan fingerprint density at radius 1 is 1.10 bits per heavy atom. The minimum atomic E-state index is -0.170. The molecule has 8 nitrogen and oxygen atoms in total. The summed E-state index contributed by atoms with van der Waals surface area (Å²) in [5, 5.41) is 12.0. The van der Waals surface area contributed by atoms with E-state index in [0.29, 0.717) is 41.3 Å². The smallest absolute Gasteiger partial charge is 0.234 e. The van der Waals surface area contributed by atoms with Crippen molar-refractivity contribution >= 4 is 23.4 Å². The van der Waals surface area contributed by atoms with Crippen molar-refractivity contribution < 1.29 is 19.0 Å². The lowest BCUT2D eigenvalue weighted by Gasteiger charge is -2.12. The normalized spacial score (nSPS) is 10.6. The van der Waals surface area contributed by atoms with Crippen molar-refractivity contribution in [3.8, 4) is 17.2 Å². The molecule has 1 N–H and O–H groups in total. The number of carbonyl (C=O) groups excluding carboxylic acids is 1. The molecule has 0 saturated heterocycles. The second kappa shape index (κ2) is 10.7. The Hall–Kier alpha value is -3.20. The molecule has 1 aromatic heterocycles. The highest BCUT2D eigenvalue weighted by atomic mass is 32.2. The number of aromatic nitrogens is 3. The largest absolute Gasteiger partial charge is 0.497 e. The van der Waals surface area contributed by atoms with Crippen molar-refractivity contribution in [2.45, 2.75) is 32.2 Å². The van der Waals surface area contributed by atoms with Gasteiger partial charge in [-0.2, -0.15) is 0 Å². The number of amides is 1. The van der Waals surface area contributed by atoms with Gasteiger partial charge in [0.15, 0.2) is 11.0 Å². The molecule has 164 valence electrons. The Labute approximate surface area is 185 Å². The SMILES string of the molecule is CCn1c(COc2ccccc2C)nnc1SCC(=O)Nc1ccc(OC)cc1OC. The van der Waals surface area contributed by atoms with Crippen LogP contribution >= 0.6 is 11.8 Å². The molecule has 1 heterocycles. The van der Waals surface area contributed by atoms with Crippen molar-refractivity contribution in [1.82, 2.24) is 14.8 Å². The molecule has 31 heavy (non-hydrogen) atoms. The Balaban J connectivity index is 1.60. The monoisotopic (exact) mass is 442 g/mol. The van der Waals surface area contributed by atoms with Crippen LogP contribution in [0.5, 0.6) is 17.2 Å². The van der Waals surface area contributed by atoms with Crippen LogP contribution in [-0.4, -0.2) is 40.6 Å². The van der Waals surface area contributed by atoms with Gasteiger partial charge in [-0.25, -0.2) is 0 Å². The van der Waals surface area contributed by atoms with Crippen molar-refractivity contribution in [3.05, 3.63) is 53.9 Å². The summed E-state index contributed by atoms with van der Waals surface area (Å²) in [5.41, 5.74) is 1.64. The first-order valence-corrected chi connectivity index (χ1v) is 10.8. The van der Waals surface area contributed by atoms with Crippen molar-refractivity contribution in [2.24, 2.45) is 0 Å². The Morgan fingerprint density at radius 3 is 2.61 bits per heavy atom. The van der Waals surface area contributed by atoms with Crippen LogP contribution in [-0.2, 0) is 17.9 Å². The summed E-state index contributed by atoms with van der Waals surface area (Å²) in [6.07, 6.45) is 0. The second-order valence-corrected chi connectivity index (χ2v) is 7.54. The first-order valence-electron chi connectivity index (χ1n) is 9.80. The summed E-state index contributed by atoms with van der Waals surface area (Å²) < 4.78 is 18.3. The predicted molar refractivity (Wildman–Crippen MR) is 120 cm³/mol. The summed E-state index contributed by atoms with van der Waals surface area (Å²) in [6, 6.07) is 13.1. The van der Waals surface area contributed by atoms with Crippen molar-refractivity contribution in [1.29, 1.82) is 0 Å². The second-order valence-electron chi connectivity index (χ2n) is 6.60. The molecular formula is C22H26N4O4S. The number of hydrogen-bond donors (Lipinski definition) is 1. The lowest BCUT2D eigenvalue weighted by Crippen LogP contribution is -2.15. The van der Waals surface area contributed by atoms with E-state index >= 15 is 0 Å². The zero-order chi connectivity index (χ0) is 22.2. The fraction of sp³-hybridized carbons (Fsp3) is 0.318. The molecule has 0 aliphatic rings. The minimum absolute atomic E-state index is 0.170. The molecule has 0 aliphatic heterocycles. The number of aryl methyl sites for hydroxylation is 1. The van der Waals surface area contributed by atoms with Gasteiger partial charge in [-0.1, -0.05) is 30.0 Å². The van der Waals surface area contributed by atoms with Crippen LogP contribution in [0.4, 0.5) is 5.69 Å². The number of thioether (sulfide) groups is 1. The van der Waals surface area contributed by atoms with Crippen LogP contribution in [0.15, 0.2) is 47.6 Å². The number of para-hydroxylation sites is 1. The molecule has 3 aromatic rings. The molecule has 0 aliphatic carbocycles. The Bertz CT molecular complexity index is 1040. The van der Waals surface area contributed by atoms with Gasteiger partial charge in [-0.05, 0) is 37.6 Å². The summed E-state index contributed by atoms with van der Waals surface area (Å²) >= 11 is 1.32. The standard InChI is InChI=1S/C22H26N4O4S/c1-5-26-20(13-30-18-9-7-6-8-15(18)2)24-25-22(26)31-14-21(27)23-17-11-10-16(28-3)12-19(17)29-4/h6-12H,5,13-14H2,1-4H3,(H,23,27). The lowest BCUT2D eigenvalue weighted by atomic mass is 10.2. The predicted octanol–water partition coefficient (Wildman–Crippen LogP) is 3.93. The molecular weight excluding hydrogens is 416 g/mol. The summed E-state index contributed by atoms with van der Waals surface area (Å²) in [7, 11) is 3.12. The van der Waals surface area contributed by atoms with Gasteiger partial charge in [0.1, 0.15) is 23.9 Å². The third-order valence-electron chi connectivity index (χ3n) is 4.58. The van der Waals surface area contributed by atoms with Crippen molar-refractivity contribution in [3.63, 3.8) is 0 Å². The third-order valence-corrected chi connectivity index (χ3v) is 5.54. The van der Waals surface area contributed by atoms with E-state index in [-0.39, 0.29) is 11.7 Å². The number of rotatable bonds is 10. The van der Waals surface area contributed by atoms with Gasteiger partial charge in [-0.15, -0.1) is 10.2 Å². The van der Waals surface area contributed by atoms with Gasteiger partial charge < -0.3 is 24.1 Å². The maximum absolute atomic E-state index is 12.5. The number of methoxy groups -OCH3 is 2. The van der Waals surface area contributed by atoms with Crippen LogP contribution in [0.3, 0.4) is 0 Å². The van der Waals surface area contributed by atoms with Gasteiger partial charge in [0.2, 0.25) is 5.91 Å². The number of benzene rings is 2. The maximum Gasteiger partial charge on any atom is 0.234 e. The number of nitrogens with one attached hydrogen (secondary N) is 1. The van der Waals surface area contributed by atoms with Crippen LogP contribution in [0.25, 0.3) is 0 Å². The zero-order valence-electron chi connectivity index (χ0n) is 18.0. The Kier molecular flexibility index (Phi) is 7.77. The first kappa shape index (κ1) is 22.5. The van der Waals surface area contributed by atoms with E-state index in [1.807, 2.05) is 42.7 Å². The van der Waals surface area contributed by atoms with Gasteiger partial charge in [0, 0.05) is 12.6 Å². The molecule has 0 fully saturated rings. The average molecular weight is 443 g/mol. The van der Waals surface area contributed by atoms with Gasteiger partial charge >= 0.3 is 0 Å². The van der Waals surface area contributed by atoms with E-state index in [9.17, 15) is 4.79 Å². The molecule has 9 heteroatoms. The fourth-order valence-electron chi connectivity index (χ4n) is 2.93. The maximum atomic E-state index is 12.5.